The minimum absolute atomic E-state index is 0.663. The Hall–Kier alpha value is -3.13. The van der Waals surface area contributed by atoms with Crippen LogP contribution in [0.1, 0.15) is 42.9 Å². The lowest BCUT2D eigenvalue weighted by Gasteiger charge is -2.18. The summed E-state index contributed by atoms with van der Waals surface area (Å²) in [4.78, 5) is 9.01. The summed E-state index contributed by atoms with van der Waals surface area (Å²) in [6.07, 6.45) is 9.94. The molecule has 0 saturated carbocycles. The predicted molar refractivity (Wildman–Crippen MR) is 103 cm³/mol. The van der Waals surface area contributed by atoms with Gasteiger partial charge in [-0.2, -0.15) is 5.26 Å². The highest BCUT2D eigenvalue weighted by Gasteiger charge is 2.21. The minimum atomic E-state index is 0.663. The van der Waals surface area contributed by atoms with Gasteiger partial charge in [0.05, 0.1) is 16.6 Å². The van der Waals surface area contributed by atoms with E-state index in [1.54, 1.807) is 6.20 Å². The molecule has 4 aromatic rings. The van der Waals surface area contributed by atoms with Crippen LogP contribution in [0.15, 0.2) is 43.0 Å². The number of imidazole rings is 2. The maximum absolute atomic E-state index is 9.84. The Balaban J connectivity index is 2.14. The number of pyridine rings is 1. The van der Waals surface area contributed by atoms with Crippen molar-refractivity contribution in [3.05, 3.63) is 59.7 Å². The van der Waals surface area contributed by atoms with Crippen molar-refractivity contribution < 1.29 is 0 Å². The second-order valence-corrected chi connectivity index (χ2v) is 6.60. The van der Waals surface area contributed by atoms with E-state index in [-0.39, 0.29) is 0 Å². The van der Waals surface area contributed by atoms with E-state index in [0.717, 1.165) is 35.3 Å². The Morgan fingerprint density at radius 2 is 2.04 bits per heavy atom. The lowest BCUT2D eigenvalue weighted by molar-refractivity contribution is 0.708. The number of nitrogens with zero attached hydrogens (tertiary/aromatic N) is 5. The van der Waals surface area contributed by atoms with Crippen molar-refractivity contribution in [3.63, 3.8) is 0 Å². The Morgan fingerprint density at radius 1 is 1.19 bits per heavy atom. The smallest absolute Gasteiger partial charge is 0.157 e. The number of nitriles is 1. The van der Waals surface area contributed by atoms with Crippen LogP contribution in [0, 0.1) is 18.3 Å². The van der Waals surface area contributed by atoms with Gasteiger partial charge in [0, 0.05) is 12.4 Å². The van der Waals surface area contributed by atoms with E-state index < -0.39 is 0 Å². The van der Waals surface area contributed by atoms with Gasteiger partial charge in [-0.15, -0.1) is 0 Å². The van der Waals surface area contributed by atoms with Gasteiger partial charge in [-0.05, 0) is 43.0 Å². The summed E-state index contributed by atoms with van der Waals surface area (Å²) in [6, 6.07) is 10.4. The second kappa shape index (κ2) is 6.64. The van der Waals surface area contributed by atoms with Crippen molar-refractivity contribution in [1.82, 2.24) is 18.9 Å². The van der Waals surface area contributed by atoms with Gasteiger partial charge in [0.2, 0.25) is 0 Å². The average Bonchev–Trinajstić information content (AvgIpc) is 3.30. The molecule has 0 atom stereocenters. The van der Waals surface area contributed by atoms with Crippen LogP contribution >= 0.6 is 0 Å². The fraction of sp³-hybridized carbons (Fsp3) is 0.286. The summed E-state index contributed by atoms with van der Waals surface area (Å²) in [6.45, 7) is 4.25. The Morgan fingerprint density at radius 3 is 2.77 bits per heavy atom. The molecule has 3 aromatic heterocycles. The average molecular weight is 343 g/mol. The van der Waals surface area contributed by atoms with Crippen molar-refractivity contribution in [1.29, 1.82) is 5.26 Å². The van der Waals surface area contributed by atoms with Crippen molar-refractivity contribution in [2.24, 2.45) is 0 Å². The molecule has 5 heteroatoms. The van der Waals surface area contributed by atoms with Gasteiger partial charge in [0.25, 0.3) is 0 Å². The van der Waals surface area contributed by atoms with E-state index in [1.165, 1.54) is 18.4 Å². The molecule has 0 fully saturated rings. The number of hydrogen-bond acceptors (Lipinski definition) is 3. The molecule has 0 spiro atoms. The van der Waals surface area contributed by atoms with Gasteiger partial charge in [-0.3, -0.25) is 8.97 Å². The summed E-state index contributed by atoms with van der Waals surface area (Å²) >= 11 is 0. The number of para-hydroxylation sites is 2. The zero-order valence-electron chi connectivity index (χ0n) is 15.1. The third-order valence-corrected chi connectivity index (χ3v) is 4.98. The Labute approximate surface area is 152 Å². The monoisotopic (exact) mass is 343 g/mol. The number of aromatic nitrogens is 4. The normalized spacial score (nSPS) is 11.3. The minimum Gasteiger partial charge on any atom is -0.291 e. The third kappa shape index (κ3) is 2.46. The molecule has 4 rings (SSSR count). The molecule has 3 heterocycles. The van der Waals surface area contributed by atoms with Crippen LogP contribution in [0.2, 0.25) is 0 Å². The Kier molecular flexibility index (Phi) is 4.18. The van der Waals surface area contributed by atoms with Gasteiger partial charge < -0.3 is 0 Å². The first-order valence-electron chi connectivity index (χ1n) is 9.07. The largest absolute Gasteiger partial charge is 0.291 e. The molecule has 0 amide bonds. The van der Waals surface area contributed by atoms with E-state index >= 15 is 0 Å². The summed E-state index contributed by atoms with van der Waals surface area (Å²) < 4.78 is 4.15. The van der Waals surface area contributed by atoms with E-state index in [2.05, 4.69) is 28.4 Å². The summed E-state index contributed by atoms with van der Waals surface area (Å²) in [5, 5.41) is 9.84. The molecule has 130 valence electrons. The molecule has 0 unspecified atom stereocenters. The summed E-state index contributed by atoms with van der Waals surface area (Å²) in [7, 11) is 0. The van der Waals surface area contributed by atoms with Gasteiger partial charge in [-0.25, -0.2) is 9.97 Å². The molecule has 5 nitrogen and oxygen atoms in total. The molecule has 0 aliphatic heterocycles. The van der Waals surface area contributed by atoms with Crippen LogP contribution in [0.3, 0.4) is 0 Å². The Bertz CT molecular complexity index is 1110. The molecule has 26 heavy (non-hydrogen) atoms. The van der Waals surface area contributed by atoms with Crippen molar-refractivity contribution in [2.75, 3.05) is 0 Å². The summed E-state index contributed by atoms with van der Waals surface area (Å²) in [5.74, 6) is 1.04. The van der Waals surface area contributed by atoms with Gasteiger partial charge in [0.15, 0.2) is 5.65 Å². The van der Waals surface area contributed by atoms with E-state index in [1.807, 2.05) is 42.2 Å². The lowest BCUT2D eigenvalue weighted by atomic mass is 9.99. The number of unbranched alkanes of at least 4 members (excludes halogenated alkanes) is 2. The van der Waals surface area contributed by atoms with Crippen LogP contribution < -0.4 is 0 Å². The third-order valence-electron chi connectivity index (χ3n) is 4.98. The molecule has 0 N–H and O–H groups in total. The van der Waals surface area contributed by atoms with Crippen LogP contribution in [-0.4, -0.2) is 18.9 Å². The fourth-order valence-corrected chi connectivity index (χ4v) is 3.67. The maximum Gasteiger partial charge on any atom is 0.157 e. The van der Waals surface area contributed by atoms with E-state index in [0.29, 0.717) is 11.2 Å². The SMILES string of the molecule is CCCCCc1c(C)c(C#N)c2nc3ccccc3n2c1-n1ccnc1. The van der Waals surface area contributed by atoms with Gasteiger partial charge in [-0.1, -0.05) is 31.9 Å². The molecule has 0 saturated heterocycles. The molecule has 1 aromatic carbocycles. The number of benzene rings is 1. The van der Waals surface area contributed by atoms with Crippen LogP contribution in [0.5, 0.6) is 0 Å². The fourth-order valence-electron chi connectivity index (χ4n) is 3.67. The standard InChI is InChI=1S/C21H21N5/c1-3-4-5-8-16-15(2)17(13-22)20-24-18-9-6-7-10-19(18)26(20)21(16)25-12-11-23-14-25/h6-7,9-12,14H,3-5,8H2,1-2H3. The van der Waals surface area contributed by atoms with Crippen LogP contribution in [0.25, 0.3) is 22.5 Å². The topological polar surface area (TPSA) is 58.9 Å². The van der Waals surface area contributed by atoms with E-state index in [9.17, 15) is 5.26 Å². The number of rotatable bonds is 5. The quantitative estimate of drug-likeness (QED) is 0.498. The van der Waals surface area contributed by atoms with Gasteiger partial charge >= 0.3 is 0 Å². The zero-order chi connectivity index (χ0) is 18.1. The van der Waals surface area contributed by atoms with Crippen molar-refractivity contribution in [2.45, 2.75) is 39.5 Å². The molecular formula is C21H21N5. The first kappa shape index (κ1) is 16.3. The highest BCUT2D eigenvalue weighted by molar-refractivity contribution is 5.85. The summed E-state index contributed by atoms with van der Waals surface area (Å²) in [5.41, 5.74) is 5.51. The van der Waals surface area contributed by atoms with Crippen LogP contribution in [-0.2, 0) is 6.42 Å². The molecule has 0 aliphatic carbocycles. The first-order chi connectivity index (χ1) is 12.8. The van der Waals surface area contributed by atoms with E-state index in [4.69, 9.17) is 4.98 Å². The molecule has 0 bridgehead atoms. The zero-order valence-corrected chi connectivity index (χ0v) is 15.1. The van der Waals surface area contributed by atoms with Crippen molar-refractivity contribution in [3.8, 4) is 11.9 Å². The van der Waals surface area contributed by atoms with Crippen LogP contribution in [0.4, 0.5) is 0 Å². The molecular weight excluding hydrogens is 322 g/mol. The molecule has 0 radical (unpaired) electrons. The highest BCUT2D eigenvalue weighted by Crippen LogP contribution is 2.31. The number of hydrogen-bond donors (Lipinski definition) is 0. The second-order valence-electron chi connectivity index (χ2n) is 6.60. The lowest BCUT2D eigenvalue weighted by Crippen LogP contribution is -2.10. The number of fused-ring (bicyclic) bond motifs is 3. The first-order valence-corrected chi connectivity index (χ1v) is 9.07. The highest BCUT2D eigenvalue weighted by atomic mass is 15.2. The maximum atomic E-state index is 9.84. The molecule has 0 aliphatic rings. The van der Waals surface area contributed by atoms with Gasteiger partial charge in [0.1, 0.15) is 18.2 Å². The van der Waals surface area contributed by atoms with Crippen molar-refractivity contribution >= 4 is 16.7 Å². The predicted octanol–water partition coefficient (Wildman–Crippen LogP) is 4.59.